The van der Waals surface area contributed by atoms with Gasteiger partial charge in [-0.25, -0.2) is 0 Å². The average molecular weight is 330 g/mol. The lowest BCUT2D eigenvalue weighted by Crippen LogP contribution is -2.28. The minimum absolute atomic E-state index is 0.149. The first kappa shape index (κ1) is 14.5. The molecule has 3 aromatic rings. The quantitative estimate of drug-likeness (QED) is 0.771. The molecular weight excluding hydrogens is 312 g/mol. The Balaban J connectivity index is 1.52. The highest BCUT2D eigenvalue weighted by Gasteiger charge is 2.32. The van der Waals surface area contributed by atoms with Crippen LogP contribution in [-0.4, -0.2) is 11.1 Å². The molecule has 0 bridgehead atoms. The second-order valence-corrected chi connectivity index (χ2v) is 6.73. The third kappa shape index (κ3) is 2.21. The van der Waals surface area contributed by atoms with Crippen LogP contribution >= 0.6 is 0 Å². The highest BCUT2D eigenvalue weighted by atomic mass is 16.5. The number of rotatable bonds is 2. The minimum Gasteiger partial charge on any atom is -0.350 e. The van der Waals surface area contributed by atoms with E-state index in [1.54, 1.807) is 0 Å². The van der Waals surface area contributed by atoms with Gasteiger partial charge < -0.3 is 9.84 Å². The fourth-order valence-corrected chi connectivity index (χ4v) is 4.08. The predicted molar refractivity (Wildman–Crippen MR) is 94.3 cm³/mol. The maximum Gasteiger partial charge on any atom is 0.290 e. The van der Waals surface area contributed by atoms with E-state index in [0.717, 1.165) is 48.1 Å². The van der Waals surface area contributed by atoms with Crippen LogP contribution in [0.5, 0.6) is 0 Å². The SMILES string of the molecule is O=C(NC1c2ccccc2-c2ccccc21)c1onc2c1CCCC2. The number of hydrogen-bond acceptors (Lipinski definition) is 3. The summed E-state index contributed by atoms with van der Waals surface area (Å²) in [5, 5.41) is 7.28. The van der Waals surface area contributed by atoms with Crippen molar-refractivity contribution in [3.63, 3.8) is 0 Å². The molecule has 4 heteroatoms. The molecule has 5 rings (SSSR count). The number of amides is 1. The van der Waals surface area contributed by atoms with Gasteiger partial charge in [0.2, 0.25) is 5.76 Å². The van der Waals surface area contributed by atoms with E-state index in [0.29, 0.717) is 5.76 Å². The lowest BCUT2D eigenvalue weighted by Gasteiger charge is -2.16. The summed E-state index contributed by atoms with van der Waals surface area (Å²) in [6, 6.07) is 16.3. The van der Waals surface area contributed by atoms with Crippen LogP contribution in [0.4, 0.5) is 0 Å². The van der Waals surface area contributed by atoms with Crippen molar-refractivity contribution in [2.45, 2.75) is 31.7 Å². The third-order valence-corrected chi connectivity index (χ3v) is 5.28. The molecule has 0 saturated carbocycles. The van der Waals surface area contributed by atoms with E-state index in [-0.39, 0.29) is 11.9 Å². The van der Waals surface area contributed by atoms with Gasteiger partial charge in [-0.3, -0.25) is 4.79 Å². The van der Waals surface area contributed by atoms with E-state index in [1.807, 2.05) is 24.3 Å². The van der Waals surface area contributed by atoms with Crippen molar-refractivity contribution in [2.24, 2.45) is 0 Å². The van der Waals surface area contributed by atoms with E-state index in [2.05, 4.69) is 34.7 Å². The molecule has 0 atom stereocenters. The Morgan fingerprint density at radius 3 is 2.32 bits per heavy atom. The van der Waals surface area contributed by atoms with E-state index < -0.39 is 0 Å². The van der Waals surface area contributed by atoms with Crippen molar-refractivity contribution in [2.75, 3.05) is 0 Å². The minimum atomic E-state index is -0.174. The van der Waals surface area contributed by atoms with Gasteiger partial charge in [0, 0.05) is 5.56 Å². The molecule has 0 saturated heterocycles. The Kier molecular flexibility index (Phi) is 3.23. The standard InChI is InChI=1S/C21H18N2O2/c24-21(20-17-11-5-6-12-18(17)23-25-20)22-19-15-9-3-1-7-13(15)14-8-2-4-10-16(14)19/h1-4,7-10,19H,5-6,11-12H2,(H,22,24). The number of nitrogens with one attached hydrogen (secondary N) is 1. The van der Waals surface area contributed by atoms with Gasteiger partial charge >= 0.3 is 0 Å². The third-order valence-electron chi connectivity index (χ3n) is 5.28. The molecule has 0 spiro atoms. The maximum atomic E-state index is 12.9. The second kappa shape index (κ2) is 5.59. The number of benzene rings is 2. The number of nitrogens with zero attached hydrogens (tertiary/aromatic N) is 1. The normalized spacial score (nSPS) is 15.4. The van der Waals surface area contributed by atoms with Gasteiger partial charge in [0.25, 0.3) is 5.91 Å². The highest BCUT2D eigenvalue weighted by molar-refractivity contribution is 5.94. The number of hydrogen-bond donors (Lipinski definition) is 1. The zero-order chi connectivity index (χ0) is 16.8. The van der Waals surface area contributed by atoms with E-state index in [1.165, 1.54) is 11.1 Å². The van der Waals surface area contributed by atoms with Crippen LogP contribution in [0.15, 0.2) is 53.1 Å². The molecule has 2 aliphatic rings. The van der Waals surface area contributed by atoms with Crippen LogP contribution < -0.4 is 5.32 Å². The van der Waals surface area contributed by atoms with Crippen LogP contribution in [0, 0.1) is 0 Å². The summed E-state index contributed by atoms with van der Waals surface area (Å²) < 4.78 is 5.40. The Morgan fingerprint density at radius 1 is 0.960 bits per heavy atom. The molecule has 0 fully saturated rings. The van der Waals surface area contributed by atoms with Crippen LogP contribution in [0.3, 0.4) is 0 Å². The average Bonchev–Trinajstić information content (AvgIpc) is 3.22. The van der Waals surface area contributed by atoms with Crippen molar-refractivity contribution in [3.05, 3.63) is 76.7 Å². The molecule has 1 aromatic heterocycles. The molecular formula is C21H18N2O2. The number of fused-ring (bicyclic) bond motifs is 4. The molecule has 0 radical (unpaired) electrons. The van der Waals surface area contributed by atoms with E-state index in [9.17, 15) is 4.79 Å². The summed E-state index contributed by atoms with van der Waals surface area (Å²) in [7, 11) is 0. The van der Waals surface area contributed by atoms with Gasteiger partial charge in [-0.15, -0.1) is 0 Å². The first-order valence-corrected chi connectivity index (χ1v) is 8.79. The lowest BCUT2D eigenvalue weighted by molar-refractivity contribution is 0.0905. The zero-order valence-electron chi connectivity index (χ0n) is 13.8. The highest BCUT2D eigenvalue weighted by Crippen LogP contribution is 2.43. The number of carbonyl (C=O) groups is 1. The maximum absolute atomic E-state index is 12.9. The Labute approximate surface area is 145 Å². The Morgan fingerprint density at radius 2 is 1.60 bits per heavy atom. The van der Waals surface area contributed by atoms with Gasteiger partial charge in [0.1, 0.15) is 0 Å². The molecule has 1 amide bonds. The lowest BCUT2D eigenvalue weighted by atomic mass is 9.95. The van der Waals surface area contributed by atoms with E-state index >= 15 is 0 Å². The van der Waals surface area contributed by atoms with Crippen molar-refractivity contribution in [1.82, 2.24) is 10.5 Å². The van der Waals surface area contributed by atoms with Crippen LogP contribution in [-0.2, 0) is 12.8 Å². The largest absolute Gasteiger partial charge is 0.350 e. The number of aromatic nitrogens is 1. The van der Waals surface area contributed by atoms with Crippen molar-refractivity contribution < 1.29 is 9.32 Å². The molecule has 2 aromatic carbocycles. The smallest absolute Gasteiger partial charge is 0.290 e. The molecule has 2 aliphatic carbocycles. The summed E-state index contributed by atoms with van der Waals surface area (Å²) in [4.78, 5) is 12.9. The second-order valence-electron chi connectivity index (χ2n) is 6.73. The van der Waals surface area contributed by atoms with Crippen molar-refractivity contribution >= 4 is 5.91 Å². The Bertz CT molecular complexity index is 928. The summed E-state index contributed by atoms with van der Waals surface area (Å²) >= 11 is 0. The molecule has 25 heavy (non-hydrogen) atoms. The Hall–Kier alpha value is -2.88. The molecule has 1 N–H and O–H groups in total. The first-order valence-electron chi connectivity index (χ1n) is 8.79. The van der Waals surface area contributed by atoms with Gasteiger partial charge in [-0.05, 0) is 47.9 Å². The van der Waals surface area contributed by atoms with Gasteiger partial charge in [0.15, 0.2) is 0 Å². The molecule has 0 unspecified atom stereocenters. The molecule has 4 nitrogen and oxygen atoms in total. The van der Waals surface area contributed by atoms with Crippen LogP contribution in [0.2, 0.25) is 0 Å². The summed E-state index contributed by atoms with van der Waals surface area (Å²) in [6.45, 7) is 0. The fourth-order valence-electron chi connectivity index (χ4n) is 4.08. The van der Waals surface area contributed by atoms with Crippen LogP contribution in [0.25, 0.3) is 11.1 Å². The summed E-state index contributed by atoms with van der Waals surface area (Å²) in [6.07, 6.45) is 3.98. The first-order chi connectivity index (χ1) is 12.3. The number of carbonyl (C=O) groups excluding carboxylic acids is 1. The van der Waals surface area contributed by atoms with E-state index in [4.69, 9.17) is 4.52 Å². The fraction of sp³-hybridized carbons (Fsp3) is 0.238. The molecule has 1 heterocycles. The van der Waals surface area contributed by atoms with Crippen molar-refractivity contribution in [1.29, 1.82) is 0 Å². The monoisotopic (exact) mass is 330 g/mol. The number of aryl methyl sites for hydroxylation is 1. The predicted octanol–water partition coefficient (Wildman–Crippen LogP) is 4.05. The van der Waals surface area contributed by atoms with Gasteiger partial charge in [-0.1, -0.05) is 53.7 Å². The molecule has 0 aliphatic heterocycles. The van der Waals surface area contributed by atoms with Crippen LogP contribution in [0.1, 0.15) is 51.8 Å². The van der Waals surface area contributed by atoms with Gasteiger partial charge in [0.05, 0.1) is 11.7 Å². The molecule has 124 valence electrons. The van der Waals surface area contributed by atoms with Crippen molar-refractivity contribution in [3.8, 4) is 11.1 Å². The summed E-state index contributed by atoms with van der Waals surface area (Å²) in [5.74, 6) is 0.212. The summed E-state index contributed by atoms with van der Waals surface area (Å²) in [5.41, 5.74) is 6.56. The van der Waals surface area contributed by atoms with Gasteiger partial charge in [-0.2, -0.15) is 0 Å². The zero-order valence-corrected chi connectivity index (χ0v) is 13.8. The topological polar surface area (TPSA) is 55.1 Å².